The fourth-order valence-corrected chi connectivity index (χ4v) is 3.91. The number of nitrogens with one attached hydrogen (secondary N) is 1. The highest BCUT2D eigenvalue weighted by Gasteiger charge is 2.25. The molecule has 6 nitrogen and oxygen atoms in total. The van der Waals surface area contributed by atoms with Crippen molar-refractivity contribution in [1.29, 1.82) is 0 Å². The van der Waals surface area contributed by atoms with Gasteiger partial charge < -0.3 is 5.32 Å². The molecule has 1 fully saturated rings. The number of allylic oxidation sites excluding steroid dienone is 2. The molecule has 0 saturated carbocycles. The van der Waals surface area contributed by atoms with Crippen molar-refractivity contribution in [3.05, 3.63) is 60.2 Å². The fourth-order valence-electron chi connectivity index (χ4n) is 3.91. The molecule has 0 spiro atoms. The zero-order valence-electron chi connectivity index (χ0n) is 15.4. The van der Waals surface area contributed by atoms with Crippen molar-refractivity contribution in [2.75, 3.05) is 13.1 Å². The molecule has 1 N–H and O–H groups in total. The third-order valence-corrected chi connectivity index (χ3v) is 5.36. The first-order chi connectivity index (χ1) is 13.2. The minimum Gasteiger partial charge on any atom is -0.317 e. The summed E-state index contributed by atoms with van der Waals surface area (Å²) in [4.78, 5) is 11.6. The maximum atomic E-state index is 4.83. The van der Waals surface area contributed by atoms with Gasteiger partial charge in [0.15, 0.2) is 5.84 Å². The Kier molecular flexibility index (Phi) is 3.79. The van der Waals surface area contributed by atoms with Gasteiger partial charge in [-0.05, 0) is 44.1 Å². The smallest absolute Gasteiger partial charge is 0.156 e. The van der Waals surface area contributed by atoms with E-state index in [1.807, 2.05) is 36.3 Å². The highest BCUT2D eigenvalue weighted by atomic mass is 15.2. The molecule has 4 heterocycles. The number of amidine groups is 1. The highest BCUT2D eigenvalue weighted by molar-refractivity contribution is 6.32. The minimum absolute atomic E-state index is 0.509. The third-order valence-electron chi connectivity index (χ3n) is 5.36. The Labute approximate surface area is 158 Å². The molecule has 0 radical (unpaired) electrons. The second kappa shape index (κ2) is 6.32. The quantitative estimate of drug-likeness (QED) is 0.898. The standard InChI is InChI=1S/C21H22N6/c1-14-9-19(16-3-4-18-17(10-16)12-26(2)25-18)24-21-11-23-20(13-27(14)21)15-5-7-22-8-6-15/h3-4,9-13,15,22H,1,5-8H2,2H3. The van der Waals surface area contributed by atoms with Gasteiger partial charge in [-0.3, -0.25) is 14.6 Å². The van der Waals surface area contributed by atoms with Crippen molar-refractivity contribution >= 4 is 28.7 Å². The summed E-state index contributed by atoms with van der Waals surface area (Å²) in [6.45, 7) is 6.37. The van der Waals surface area contributed by atoms with Crippen LogP contribution in [-0.4, -0.2) is 39.8 Å². The topological polar surface area (TPSA) is 57.8 Å². The largest absolute Gasteiger partial charge is 0.317 e. The number of aryl methyl sites for hydroxylation is 1. The summed E-state index contributed by atoms with van der Waals surface area (Å²) in [7, 11) is 1.93. The summed E-state index contributed by atoms with van der Waals surface area (Å²) in [5, 5.41) is 8.95. The van der Waals surface area contributed by atoms with E-state index in [4.69, 9.17) is 9.98 Å². The van der Waals surface area contributed by atoms with Crippen molar-refractivity contribution < 1.29 is 0 Å². The molecule has 1 aromatic carbocycles. The predicted molar refractivity (Wildman–Crippen MR) is 109 cm³/mol. The second-order valence-electron chi connectivity index (χ2n) is 7.27. The van der Waals surface area contributed by atoms with Crippen LogP contribution in [0.2, 0.25) is 0 Å². The van der Waals surface area contributed by atoms with Crippen molar-refractivity contribution in [3.8, 4) is 0 Å². The van der Waals surface area contributed by atoms with Crippen LogP contribution in [0, 0.1) is 5.92 Å². The third kappa shape index (κ3) is 2.92. The maximum Gasteiger partial charge on any atom is 0.156 e. The zero-order valence-corrected chi connectivity index (χ0v) is 15.4. The van der Waals surface area contributed by atoms with Crippen molar-refractivity contribution in [3.63, 3.8) is 0 Å². The molecule has 1 saturated heterocycles. The molecular formula is C21H22N6. The van der Waals surface area contributed by atoms with Crippen molar-refractivity contribution in [2.45, 2.75) is 12.8 Å². The van der Waals surface area contributed by atoms with Gasteiger partial charge in [-0.25, -0.2) is 4.99 Å². The molecule has 2 aromatic rings. The summed E-state index contributed by atoms with van der Waals surface area (Å²) in [5.41, 5.74) is 5.00. The summed E-state index contributed by atoms with van der Waals surface area (Å²) in [6.07, 6.45) is 10.3. The number of nitrogens with zero attached hydrogens (tertiary/aromatic N) is 5. The monoisotopic (exact) mass is 358 g/mol. The lowest BCUT2D eigenvalue weighted by atomic mass is 9.94. The van der Waals surface area contributed by atoms with Crippen LogP contribution < -0.4 is 5.32 Å². The van der Waals surface area contributed by atoms with Crippen LogP contribution in [0.3, 0.4) is 0 Å². The zero-order chi connectivity index (χ0) is 18.4. The first-order valence-electron chi connectivity index (χ1n) is 9.36. The predicted octanol–water partition coefficient (Wildman–Crippen LogP) is 3.07. The molecule has 1 aromatic heterocycles. The number of fused-ring (bicyclic) bond motifs is 2. The number of rotatable bonds is 2. The van der Waals surface area contributed by atoms with Gasteiger partial charge >= 0.3 is 0 Å². The van der Waals surface area contributed by atoms with Crippen LogP contribution in [0.5, 0.6) is 0 Å². The Balaban J connectivity index is 1.45. The number of benzene rings is 1. The molecule has 0 aliphatic carbocycles. The van der Waals surface area contributed by atoms with E-state index in [2.05, 4.69) is 40.2 Å². The Bertz CT molecular complexity index is 1050. The van der Waals surface area contributed by atoms with Crippen molar-refractivity contribution in [2.24, 2.45) is 23.0 Å². The van der Waals surface area contributed by atoms with E-state index in [9.17, 15) is 0 Å². The number of piperidine rings is 1. The molecule has 27 heavy (non-hydrogen) atoms. The average Bonchev–Trinajstić information content (AvgIpc) is 3.07. The molecule has 5 rings (SSSR count). The average molecular weight is 358 g/mol. The first-order valence-corrected chi connectivity index (χ1v) is 9.36. The van der Waals surface area contributed by atoms with E-state index in [0.29, 0.717) is 5.92 Å². The van der Waals surface area contributed by atoms with Crippen LogP contribution >= 0.6 is 0 Å². The summed E-state index contributed by atoms with van der Waals surface area (Å²) in [6, 6.07) is 6.22. The first kappa shape index (κ1) is 16.2. The normalized spacial score (nSPS) is 20.4. The van der Waals surface area contributed by atoms with Gasteiger partial charge in [-0.1, -0.05) is 12.6 Å². The minimum atomic E-state index is 0.509. The number of hydrogen-bond acceptors (Lipinski definition) is 5. The van der Waals surface area contributed by atoms with Gasteiger partial charge in [-0.15, -0.1) is 0 Å². The molecule has 6 heteroatoms. The summed E-state index contributed by atoms with van der Waals surface area (Å²) < 4.78 is 1.83. The lowest BCUT2D eigenvalue weighted by molar-refractivity contribution is 0.412. The van der Waals surface area contributed by atoms with E-state index < -0.39 is 0 Å². The molecule has 3 aliphatic heterocycles. The van der Waals surface area contributed by atoms with Crippen LogP contribution in [0.1, 0.15) is 18.4 Å². The Hall–Kier alpha value is -2.99. The number of aliphatic imine (C=N–C) groups is 2. The Morgan fingerprint density at radius 2 is 2.07 bits per heavy atom. The number of hydrogen-bond donors (Lipinski definition) is 1. The van der Waals surface area contributed by atoms with Crippen LogP contribution in [0.15, 0.2) is 64.6 Å². The van der Waals surface area contributed by atoms with Gasteiger partial charge in [0.25, 0.3) is 0 Å². The van der Waals surface area contributed by atoms with Crippen molar-refractivity contribution in [1.82, 2.24) is 20.0 Å². The molecule has 0 unspecified atom stereocenters. The molecular weight excluding hydrogens is 336 g/mol. The van der Waals surface area contributed by atoms with Crippen LogP contribution in [0.25, 0.3) is 16.6 Å². The number of aromatic nitrogens is 2. The van der Waals surface area contributed by atoms with Gasteiger partial charge in [0.1, 0.15) is 0 Å². The van der Waals surface area contributed by atoms with Gasteiger partial charge in [0, 0.05) is 42.0 Å². The van der Waals surface area contributed by atoms with E-state index in [0.717, 1.165) is 65.3 Å². The van der Waals surface area contributed by atoms with Gasteiger partial charge in [0.05, 0.1) is 23.1 Å². The maximum absolute atomic E-state index is 4.83. The van der Waals surface area contributed by atoms with Gasteiger partial charge in [0.2, 0.25) is 0 Å². The lowest BCUT2D eigenvalue weighted by Crippen LogP contribution is -2.34. The van der Waals surface area contributed by atoms with E-state index in [1.165, 1.54) is 0 Å². The molecule has 0 amide bonds. The Morgan fingerprint density at radius 1 is 1.22 bits per heavy atom. The lowest BCUT2D eigenvalue weighted by Gasteiger charge is -2.31. The Morgan fingerprint density at radius 3 is 2.93 bits per heavy atom. The van der Waals surface area contributed by atoms with E-state index >= 15 is 0 Å². The SMILES string of the molecule is C=C1C=C(c2ccc3nn(C)cc3c2)N=C2C=NC(C3CCNCC3)=CN12. The second-order valence-corrected chi connectivity index (χ2v) is 7.27. The molecule has 3 aliphatic rings. The highest BCUT2D eigenvalue weighted by Crippen LogP contribution is 2.31. The molecule has 0 atom stereocenters. The van der Waals surface area contributed by atoms with Crippen LogP contribution in [-0.2, 0) is 7.05 Å². The van der Waals surface area contributed by atoms with E-state index in [1.54, 1.807) is 0 Å². The summed E-state index contributed by atoms with van der Waals surface area (Å²) in [5.74, 6) is 1.33. The fraction of sp³-hybridized carbons (Fsp3) is 0.286. The van der Waals surface area contributed by atoms with Crippen LogP contribution in [0.4, 0.5) is 0 Å². The van der Waals surface area contributed by atoms with E-state index in [-0.39, 0.29) is 0 Å². The van der Waals surface area contributed by atoms with Gasteiger partial charge in [-0.2, -0.15) is 5.10 Å². The summed E-state index contributed by atoms with van der Waals surface area (Å²) >= 11 is 0. The molecule has 0 bridgehead atoms. The molecule has 136 valence electrons.